The lowest BCUT2D eigenvalue weighted by Gasteiger charge is -2.06. The summed E-state index contributed by atoms with van der Waals surface area (Å²) in [5, 5.41) is 7.14. The fourth-order valence-corrected chi connectivity index (χ4v) is 1.46. The van der Waals surface area contributed by atoms with E-state index in [0.29, 0.717) is 0 Å². The smallest absolute Gasteiger partial charge is 0.0991 e. The van der Waals surface area contributed by atoms with Crippen LogP contribution in [-0.2, 0) is 0 Å². The Hall–Kier alpha value is -1.90. The summed E-state index contributed by atoms with van der Waals surface area (Å²) in [4.78, 5) is 4.00. The third-order valence-electron chi connectivity index (χ3n) is 2.17. The third kappa shape index (κ3) is 2.57. The molecule has 1 aromatic heterocycles. The summed E-state index contributed by atoms with van der Waals surface area (Å²) >= 11 is 0. The number of hydrogen-bond acceptors (Lipinski definition) is 2. The van der Waals surface area contributed by atoms with E-state index in [0.717, 1.165) is 16.8 Å². The Balaban J connectivity index is 0.000000606. The molecule has 3 heteroatoms. The summed E-state index contributed by atoms with van der Waals surface area (Å²) in [6.45, 7) is 6.03. The number of nitrogens with one attached hydrogen (secondary N) is 1. The van der Waals surface area contributed by atoms with E-state index >= 15 is 0 Å². The second-order valence-electron chi connectivity index (χ2n) is 3.16. The molecule has 0 bridgehead atoms. The molecular weight excluding hydrogens is 198 g/mol. The standard InChI is InChI=1S/C11H11N3.C2H6/c1-9-6-10(7-12)2-3-11(9)14-5-4-13-8-14;1-2/h2-8,12H,1H3;1-2H3. The maximum atomic E-state index is 7.14. The average molecular weight is 215 g/mol. The van der Waals surface area contributed by atoms with E-state index in [4.69, 9.17) is 5.41 Å². The van der Waals surface area contributed by atoms with E-state index in [1.54, 1.807) is 12.5 Å². The molecule has 0 aliphatic heterocycles. The van der Waals surface area contributed by atoms with Gasteiger partial charge < -0.3 is 9.98 Å². The van der Waals surface area contributed by atoms with Gasteiger partial charge in [-0.3, -0.25) is 0 Å². The predicted octanol–water partition coefficient (Wildman–Crippen LogP) is 3.20. The van der Waals surface area contributed by atoms with E-state index in [2.05, 4.69) is 4.98 Å². The van der Waals surface area contributed by atoms with Crippen LogP contribution in [0.5, 0.6) is 0 Å². The van der Waals surface area contributed by atoms with Crippen molar-refractivity contribution in [2.75, 3.05) is 0 Å². The molecule has 0 atom stereocenters. The second kappa shape index (κ2) is 5.85. The minimum Gasteiger partial charge on any atom is -0.308 e. The average Bonchev–Trinajstić information content (AvgIpc) is 2.85. The zero-order chi connectivity index (χ0) is 12.0. The molecular formula is C13H17N3. The van der Waals surface area contributed by atoms with Gasteiger partial charge in [0.15, 0.2) is 0 Å². The Morgan fingerprint density at radius 1 is 1.31 bits per heavy atom. The van der Waals surface area contributed by atoms with Gasteiger partial charge >= 0.3 is 0 Å². The zero-order valence-electron chi connectivity index (χ0n) is 9.94. The van der Waals surface area contributed by atoms with Gasteiger partial charge in [0.2, 0.25) is 0 Å². The van der Waals surface area contributed by atoms with Crippen LogP contribution in [-0.4, -0.2) is 15.8 Å². The molecule has 0 radical (unpaired) electrons. The van der Waals surface area contributed by atoms with Crippen LogP contribution in [0.2, 0.25) is 0 Å². The van der Waals surface area contributed by atoms with E-state index < -0.39 is 0 Å². The topological polar surface area (TPSA) is 41.7 Å². The van der Waals surface area contributed by atoms with Crippen molar-refractivity contribution in [3.05, 3.63) is 48.0 Å². The van der Waals surface area contributed by atoms with Gasteiger partial charge in [0.25, 0.3) is 0 Å². The van der Waals surface area contributed by atoms with Crippen molar-refractivity contribution in [3.8, 4) is 5.69 Å². The molecule has 2 aromatic rings. The molecule has 0 saturated heterocycles. The van der Waals surface area contributed by atoms with Gasteiger partial charge in [-0.25, -0.2) is 4.98 Å². The molecule has 0 aliphatic carbocycles. The zero-order valence-corrected chi connectivity index (χ0v) is 9.94. The highest BCUT2D eigenvalue weighted by molar-refractivity contribution is 5.77. The molecule has 1 N–H and O–H groups in total. The molecule has 0 aliphatic rings. The molecule has 3 nitrogen and oxygen atoms in total. The summed E-state index contributed by atoms with van der Waals surface area (Å²) < 4.78 is 1.96. The van der Waals surface area contributed by atoms with Crippen LogP contribution in [0.3, 0.4) is 0 Å². The van der Waals surface area contributed by atoms with Gasteiger partial charge in [0.1, 0.15) is 0 Å². The van der Waals surface area contributed by atoms with Crippen LogP contribution in [0.1, 0.15) is 25.0 Å². The largest absolute Gasteiger partial charge is 0.308 e. The Morgan fingerprint density at radius 2 is 2.06 bits per heavy atom. The molecule has 1 heterocycles. The number of nitrogens with zero attached hydrogens (tertiary/aromatic N) is 2. The van der Waals surface area contributed by atoms with Crippen LogP contribution in [0.15, 0.2) is 36.9 Å². The molecule has 0 amide bonds. The lowest BCUT2D eigenvalue weighted by molar-refractivity contribution is 1.04. The van der Waals surface area contributed by atoms with Crippen molar-refractivity contribution in [1.82, 2.24) is 9.55 Å². The number of aromatic nitrogens is 2. The van der Waals surface area contributed by atoms with Gasteiger partial charge in [-0.2, -0.15) is 0 Å². The van der Waals surface area contributed by atoms with Crippen molar-refractivity contribution in [3.63, 3.8) is 0 Å². The normalized spacial score (nSPS) is 9.19. The number of aryl methyl sites for hydroxylation is 1. The lowest BCUT2D eigenvalue weighted by Crippen LogP contribution is -1.94. The first-order valence-corrected chi connectivity index (χ1v) is 5.41. The van der Waals surface area contributed by atoms with Crippen LogP contribution in [0.25, 0.3) is 5.69 Å². The maximum Gasteiger partial charge on any atom is 0.0991 e. The third-order valence-corrected chi connectivity index (χ3v) is 2.17. The SMILES string of the molecule is CC.Cc1cc(C=N)ccc1-n1ccnc1. The van der Waals surface area contributed by atoms with Gasteiger partial charge in [-0.15, -0.1) is 0 Å². The van der Waals surface area contributed by atoms with E-state index in [1.165, 1.54) is 6.21 Å². The van der Waals surface area contributed by atoms with Crippen LogP contribution in [0, 0.1) is 12.3 Å². The monoisotopic (exact) mass is 215 g/mol. The first-order valence-electron chi connectivity index (χ1n) is 5.41. The second-order valence-corrected chi connectivity index (χ2v) is 3.16. The highest BCUT2D eigenvalue weighted by Gasteiger charge is 2.00. The molecule has 2 rings (SSSR count). The first kappa shape index (κ1) is 12.2. The molecule has 16 heavy (non-hydrogen) atoms. The number of hydrogen-bond donors (Lipinski definition) is 1. The number of rotatable bonds is 2. The van der Waals surface area contributed by atoms with Crippen molar-refractivity contribution in [2.45, 2.75) is 20.8 Å². The lowest BCUT2D eigenvalue weighted by atomic mass is 10.1. The summed E-state index contributed by atoms with van der Waals surface area (Å²) in [5.74, 6) is 0. The Kier molecular flexibility index (Phi) is 4.45. The molecule has 0 saturated carbocycles. The molecule has 84 valence electrons. The summed E-state index contributed by atoms with van der Waals surface area (Å²) in [7, 11) is 0. The minimum atomic E-state index is 0.923. The van der Waals surface area contributed by atoms with Crippen molar-refractivity contribution in [2.24, 2.45) is 0 Å². The van der Waals surface area contributed by atoms with Gasteiger partial charge in [-0.1, -0.05) is 19.9 Å². The van der Waals surface area contributed by atoms with Crippen molar-refractivity contribution < 1.29 is 0 Å². The van der Waals surface area contributed by atoms with Gasteiger partial charge in [-0.05, 0) is 30.2 Å². The van der Waals surface area contributed by atoms with E-state index in [1.807, 2.05) is 49.7 Å². The fraction of sp³-hybridized carbons (Fsp3) is 0.231. The highest BCUT2D eigenvalue weighted by Crippen LogP contribution is 2.14. The number of imidazole rings is 1. The quantitative estimate of drug-likeness (QED) is 0.768. The molecule has 0 spiro atoms. The van der Waals surface area contributed by atoms with Gasteiger partial charge in [0.05, 0.1) is 6.33 Å². The number of benzene rings is 1. The highest BCUT2D eigenvalue weighted by atomic mass is 15.0. The first-order chi connectivity index (χ1) is 7.81. The summed E-state index contributed by atoms with van der Waals surface area (Å²) in [6, 6.07) is 5.91. The fourth-order valence-electron chi connectivity index (χ4n) is 1.46. The minimum absolute atomic E-state index is 0.923. The molecule has 0 fully saturated rings. The summed E-state index contributed by atoms with van der Waals surface area (Å²) in [5.41, 5.74) is 3.17. The Labute approximate surface area is 96.3 Å². The Morgan fingerprint density at radius 3 is 2.56 bits per heavy atom. The van der Waals surface area contributed by atoms with Crippen molar-refractivity contribution >= 4 is 6.21 Å². The summed E-state index contributed by atoms with van der Waals surface area (Å²) in [6.07, 6.45) is 6.79. The van der Waals surface area contributed by atoms with Gasteiger partial charge in [0, 0.05) is 24.3 Å². The van der Waals surface area contributed by atoms with Crippen LogP contribution >= 0.6 is 0 Å². The Bertz CT molecular complexity index is 444. The maximum absolute atomic E-state index is 7.14. The predicted molar refractivity (Wildman–Crippen MR) is 67.5 cm³/mol. The van der Waals surface area contributed by atoms with Crippen LogP contribution < -0.4 is 0 Å². The molecule has 1 aromatic carbocycles. The van der Waals surface area contributed by atoms with Crippen molar-refractivity contribution in [1.29, 1.82) is 5.41 Å². The molecule has 0 unspecified atom stereocenters. The van der Waals surface area contributed by atoms with E-state index in [9.17, 15) is 0 Å². The van der Waals surface area contributed by atoms with Crippen LogP contribution in [0.4, 0.5) is 0 Å². The van der Waals surface area contributed by atoms with E-state index in [-0.39, 0.29) is 0 Å².